The number of imidazole rings is 1. The van der Waals surface area contributed by atoms with E-state index in [4.69, 9.17) is 5.73 Å². The van der Waals surface area contributed by atoms with Crippen LogP contribution in [-0.4, -0.2) is 36.8 Å². The highest BCUT2D eigenvalue weighted by molar-refractivity contribution is 5.93. The monoisotopic (exact) mass is 430 g/mol. The number of aromatic nitrogens is 5. The van der Waals surface area contributed by atoms with Gasteiger partial charge in [0.05, 0.1) is 16.9 Å². The fourth-order valence-electron chi connectivity index (χ4n) is 3.18. The minimum atomic E-state index is -0.373. The molecule has 0 bridgehead atoms. The molecular formula is C22H19FN8O. The summed E-state index contributed by atoms with van der Waals surface area (Å²) in [4.78, 5) is 20.6. The number of rotatable bonds is 7. The largest absolute Gasteiger partial charge is 0.382 e. The second-order valence-electron chi connectivity index (χ2n) is 6.94. The normalized spacial score (nSPS) is 10.6. The molecule has 4 rings (SSSR count). The minimum Gasteiger partial charge on any atom is -0.382 e. The highest BCUT2D eigenvalue weighted by Crippen LogP contribution is 2.21. The summed E-state index contributed by atoms with van der Waals surface area (Å²) in [5.41, 5.74) is 7.87. The fourth-order valence-corrected chi connectivity index (χ4v) is 3.18. The van der Waals surface area contributed by atoms with Crippen LogP contribution in [0.2, 0.25) is 0 Å². The molecule has 3 N–H and O–H groups in total. The molecule has 0 aliphatic rings. The van der Waals surface area contributed by atoms with E-state index in [9.17, 15) is 14.4 Å². The van der Waals surface area contributed by atoms with Gasteiger partial charge < -0.3 is 11.1 Å². The Morgan fingerprint density at radius 2 is 2.03 bits per heavy atom. The standard InChI is InChI=1S/C22H19FN8O/c23-16-4-6-17(7-5-16)31-21(25)18(12-24)19(29-31)2-1-9-27-22(32)15-3-8-20(28-13-15)30-11-10-26-14-30/h3-8,10-11,13-14H,1-2,9,25H2,(H,27,32). The van der Waals surface area contributed by atoms with Crippen LogP contribution in [0.25, 0.3) is 11.5 Å². The fraction of sp³-hybridized carbons (Fsp3) is 0.136. The number of carbonyl (C=O) groups is 1. The topological polar surface area (TPSA) is 127 Å². The van der Waals surface area contributed by atoms with Crippen LogP contribution in [0.5, 0.6) is 0 Å². The second-order valence-corrected chi connectivity index (χ2v) is 6.94. The number of anilines is 1. The number of hydrogen-bond acceptors (Lipinski definition) is 6. The zero-order valence-electron chi connectivity index (χ0n) is 16.9. The number of carbonyl (C=O) groups excluding carboxylic acids is 1. The Bertz CT molecular complexity index is 1260. The Balaban J connectivity index is 1.35. The summed E-state index contributed by atoms with van der Waals surface area (Å²) in [5, 5.41) is 16.7. The van der Waals surface area contributed by atoms with E-state index in [0.29, 0.717) is 42.1 Å². The molecule has 4 aromatic rings. The lowest BCUT2D eigenvalue weighted by atomic mass is 10.1. The van der Waals surface area contributed by atoms with Crippen LogP contribution in [-0.2, 0) is 6.42 Å². The van der Waals surface area contributed by atoms with Crippen LogP contribution in [0, 0.1) is 17.1 Å². The van der Waals surface area contributed by atoms with E-state index in [-0.39, 0.29) is 23.1 Å². The van der Waals surface area contributed by atoms with Gasteiger partial charge in [0.25, 0.3) is 5.91 Å². The summed E-state index contributed by atoms with van der Waals surface area (Å²) < 4.78 is 16.3. The summed E-state index contributed by atoms with van der Waals surface area (Å²) in [5.74, 6) is 0.244. The predicted molar refractivity (Wildman–Crippen MR) is 115 cm³/mol. The molecule has 3 heterocycles. The molecule has 32 heavy (non-hydrogen) atoms. The molecule has 1 aromatic carbocycles. The summed E-state index contributed by atoms with van der Waals surface area (Å²) in [7, 11) is 0. The zero-order chi connectivity index (χ0) is 22.5. The SMILES string of the molecule is N#Cc1c(CCCNC(=O)c2ccc(-n3ccnc3)nc2)nn(-c2ccc(F)cc2)c1N. The van der Waals surface area contributed by atoms with Gasteiger partial charge in [0.1, 0.15) is 35.4 Å². The zero-order valence-corrected chi connectivity index (χ0v) is 16.9. The van der Waals surface area contributed by atoms with E-state index in [1.807, 2.05) is 0 Å². The number of nitrogens with two attached hydrogens (primary N) is 1. The summed E-state index contributed by atoms with van der Waals surface area (Å²) >= 11 is 0. The Morgan fingerprint density at radius 1 is 1.22 bits per heavy atom. The number of nitrogens with one attached hydrogen (secondary N) is 1. The van der Waals surface area contributed by atoms with Gasteiger partial charge in [-0.1, -0.05) is 0 Å². The molecule has 3 aromatic heterocycles. The summed E-state index contributed by atoms with van der Waals surface area (Å²) in [6.45, 7) is 0.385. The van der Waals surface area contributed by atoms with Crippen molar-refractivity contribution in [3.8, 4) is 17.6 Å². The van der Waals surface area contributed by atoms with Crippen molar-refractivity contribution in [1.29, 1.82) is 5.26 Å². The Morgan fingerprint density at radius 3 is 2.69 bits per heavy atom. The van der Waals surface area contributed by atoms with E-state index in [1.54, 1.807) is 35.4 Å². The lowest BCUT2D eigenvalue weighted by Crippen LogP contribution is -2.25. The molecule has 9 nitrogen and oxygen atoms in total. The second kappa shape index (κ2) is 9.09. The van der Waals surface area contributed by atoms with Crippen LogP contribution in [0.3, 0.4) is 0 Å². The van der Waals surface area contributed by atoms with Crippen molar-refractivity contribution in [2.24, 2.45) is 0 Å². The Labute approximate surface area is 183 Å². The molecule has 10 heteroatoms. The number of nitriles is 1. The summed E-state index contributed by atoms with van der Waals surface area (Å²) in [6.07, 6.45) is 7.55. The van der Waals surface area contributed by atoms with Crippen molar-refractivity contribution in [3.05, 3.63) is 84.0 Å². The number of pyridine rings is 1. The third-order valence-electron chi connectivity index (χ3n) is 4.83. The molecule has 0 spiro atoms. The van der Waals surface area contributed by atoms with E-state index in [0.717, 1.165) is 0 Å². The first-order valence-electron chi connectivity index (χ1n) is 9.83. The van der Waals surface area contributed by atoms with Gasteiger partial charge in [-0.3, -0.25) is 9.36 Å². The van der Waals surface area contributed by atoms with Crippen LogP contribution in [0.4, 0.5) is 10.2 Å². The molecule has 0 saturated heterocycles. The molecule has 0 aliphatic carbocycles. The quantitative estimate of drug-likeness (QED) is 0.434. The Kier molecular flexibility index (Phi) is 5.89. The number of benzene rings is 1. The molecule has 0 unspecified atom stereocenters. The maximum atomic E-state index is 13.2. The number of aryl methyl sites for hydroxylation is 1. The van der Waals surface area contributed by atoms with E-state index < -0.39 is 0 Å². The third-order valence-corrected chi connectivity index (χ3v) is 4.83. The number of hydrogen-bond donors (Lipinski definition) is 2. The van der Waals surface area contributed by atoms with E-state index >= 15 is 0 Å². The summed E-state index contributed by atoms with van der Waals surface area (Å²) in [6, 6.07) is 11.2. The highest BCUT2D eigenvalue weighted by Gasteiger charge is 2.16. The molecule has 0 atom stereocenters. The van der Waals surface area contributed by atoms with Crippen molar-refractivity contribution in [2.45, 2.75) is 12.8 Å². The van der Waals surface area contributed by atoms with Crippen molar-refractivity contribution in [1.82, 2.24) is 29.6 Å². The van der Waals surface area contributed by atoms with Crippen molar-refractivity contribution in [2.75, 3.05) is 12.3 Å². The average Bonchev–Trinajstić information content (AvgIpc) is 3.45. The van der Waals surface area contributed by atoms with Gasteiger partial charge in [-0.15, -0.1) is 0 Å². The first kappa shape index (κ1) is 20.7. The van der Waals surface area contributed by atoms with Crippen LogP contribution in [0.15, 0.2) is 61.3 Å². The number of nitrogens with zero attached hydrogens (tertiary/aromatic N) is 6. The first-order chi connectivity index (χ1) is 15.6. The van der Waals surface area contributed by atoms with E-state index in [1.165, 1.54) is 35.1 Å². The van der Waals surface area contributed by atoms with Crippen LogP contribution in [0.1, 0.15) is 28.0 Å². The van der Waals surface area contributed by atoms with Gasteiger partial charge in [0, 0.05) is 25.1 Å². The average molecular weight is 430 g/mol. The van der Waals surface area contributed by atoms with Gasteiger partial charge in [0.2, 0.25) is 0 Å². The maximum Gasteiger partial charge on any atom is 0.252 e. The smallest absolute Gasteiger partial charge is 0.252 e. The van der Waals surface area contributed by atoms with Crippen molar-refractivity contribution in [3.63, 3.8) is 0 Å². The predicted octanol–water partition coefficient (Wildman–Crippen LogP) is 2.41. The third kappa shape index (κ3) is 4.32. The molecule has 0 fully saturated rings. The lowest BCUT2D eigenvalue weighted by Gasteiger charge is -2.06. The molecule has 0 aliphatic heterocycles. The molecular weight excluding hydrogens is 411 g/mol. The highest BCUT2D eigenvalue weighted by atomic mass is 19.1. The van der Waals surface area contributed by atoms with E-state index in [2.05, 4.69) is 26.5 Å². The van der Waals surface area contributed by atoms with Gasteiger partial charge >= 0.3 is 0 Å². The van der Waals surface area contributed by atoms with Crippen LogP contribution < -0.4 is 11.1 Å². The van der Waals surface area contributed by atoms with Crippen LogP contribution >= 0.6 is 0 Å². The minimum absolute atomic E-state index is 0.196. The van der Waals surface area contributed by atoms with Crippen molar-refractivity contribution < 1.29 is 9.18 Å². The van der Waals surface area contributed by atoms with Gasteiger partial charge in [-0.05, 0) is 49.2 Å². The Hall–Kier alpha value is -4.52. The molecule has 0 saturated carbocycles. The number of amides is 1. The number of nitrogen functional groups attached to an aromatic ring is 1. The van der Waals surface area contributed by atoms with Gasteiger partial charge in [0.15, 0.2) is 0 Å². The first-order valence-corrected chi connectivity index (χ1v) is 9.83. The lowest BCUT2D eigenvalue weighted by molar-refractivity contribution is 0.0953. The molecule has 1 amide bonds. The van der Waals surface area contributed by atoms with Gasteiger partial charge in [-0.25, -0.2) is 19.0 Å². The van der Waals surface area contributed by atoms with Gasteiger partial charge in [-0.2, -0.15) is 10.4 Å². The van der Waals surface area contributed by atoms with Crippen molar-refractivity contribution >= 4 is 11.7 Å². The molecule has 0 radical (unpaired) electrons. The molecule has 160 valence electrons. The maximum absolute atomic E-state index is 13.2. The number of halogens is 1.